The molecular formula is C55H106N2O5. The zero-order valence-electron chi connectivity index (χ0n) is 42.0. The Morgan fingerprint density at radius 2 is 0.774 bits per heavy atom. The molecule has 1 aliphatic rings. The number of nitrogens with one attached hydrogen (secondary N) is 1. The molecule has 0 aromatic heterocycles. The molecule has 0 aromatic carbocycles. The van der Waals surface area contributed by atoms with E-state index < -0.39 is 0 Å². The molecule has 0 atom stereocenters. The van der Waals surface area contributed by atoms with Crippen molar-refractivity contribution >= 4 is 17.8 Å². The average molecular weight is 875 g/mol. The van der Waals surface area contributed by atoms with Gasteiger partial charge in [0.25, 0.3) is 0 Å². The van der Waals surface area contributed by atoms with Crippen LogP contribution >= 0.6 is 0 Å². The van der Waals surface area contributed by atoms with Crippen molar-refractivity contribution in [1.29, 1.82) is 0 Å². The van der Waals surface area contributed by atoms with Gasteiger partial charge in [-0.25, -0.2) is 0 Å². The highest BCUT2D eigenvalue weighted by atomic mass is 16.5. The number of carbonyl (C=O) groups excluding carboxylic acids is 3. The molecule has 7 heteroatoms. The van der Waals surface area contributed by atoms with Crippen molar-refractivity contribution in [2.45, 2.75) is 291 Å². The van der Waals surface area contributed by atoms with Crippen molar-refractivity contribution in [3.8, 4) is 0 Å². The molecule has 0 aliphatic carbocycles. The summed E-state index contributed by atoms with van der Waals surface area (Å²) >= 11 is 0. The highest BCUT2D eigenvalue weighted by Crippen LogP contribution is 2.23. The van der Waals surface area contributed by atoms with Gasteiger partial charge in [-0.15, -0.1) is 0 Å². The molecule has 0 unspecified atom stereocenters. The monoisotopic (exact) mass is 875 g/mol. The predicted molar refractivity (Wildman–Crippen MR) is 265 cm³/mol. The van der Waals surface area contributed by atoms with Crippen molar-refractivity contribution < 1.29 is 23.9 Å². The number of esters is 2. The van der Waals surface area contributed by atoms with Crippen molar-refractivity contribution in [3.05, 3.63) is 0 Å². The molecular weight excluding hydrogens is 769 g/mol. The van der Waals surface area contributed by atoms with Crippen molar-refractivity contribution in [2.75, 3.05) is 32.8 Å². The zero-order valence-corrected chi connectivity index (χ0v) is 42.0. The van der Waals surface area contributed by atoms with Crippen LogP contribution < -0.4 is 5.32 Å². The molecule has 366 valence electrons. The Labute approximate surface area is 385 Å². The molecule has 1 amide bonds. The van der Waals surface area contributed by atoms with Gasteiger partial charge >= 0.3 is 11.9 Å². The molecule has 0 aromatic rings. The molecule has 1 heterocycles. The first-order valence-corrected chi connectivity index (χ1v) is 27.7. The molecule has 1 fully saturated rings. The molecule has 62 heavy (non-hydrogen) atoms. The summed E-state index contributed by atoms with van der Waals surface area (Å²) in [4.78, 5) is 40.5. The molecule has 0 bridgehead atoms. The van der Waals surface area contributed by atoms with Crippen molar-refractivity contribution in [1.82, 2.24) is 10.2 Å². The Balaban J connectivity index is 2.22. The van der Waals surface area contributed by atoms with E-state index >= 15 is 0 Å². The second-order valence-corrected chi connectivity index (χ2v) is 19.7. The molecule has 0 radical (unpaired) electrons. The molecule has 1 aliphatic heterocycles. The molecule has 1 saturated heterocycles. The first-order valence-electron chi connectivity index (χ1n) is 27.7. The maximum Gasteiger partial charge on any atom is 0.306 e. The Kier molecular flexibility index (Phi) is 42.0. The van der Waals surface area contributed by atoms with Crippen LogP contribution in [0.1, 0.15) is 285 Å². The van der Waals surface area contributed by atoms with Gasteiger partial charge < -0.3 is 19.7 Å². The van der Waals surface area contributed by atoms with Gasteiger partial charge in [0.05, 0.1) is 13.2 Å². The van der Waals surface area contributed by atoms with Gasteiger partial charge in [-0.1, -0.05) is 195 Å². The standard InChI is InChI=1S/C55H106N2O5/c1-5-9-25-36-50(37-26-10-6-2)48-54(59)61-46-33-23-19-15-13-17-21-29-40-52(56-53(58)42-35-45-57-43-31-32-44-57)41-30-22-18-14-16-20-24-34-47-62-55(60)49-51(38-27-11-7-3)39-28-12-8-4/h50-52H,5-49H2,1-4H3,(H,56,58). The summed E-state index contributed by atoms with van der Waals surface area (Å²) in [6.07, 6.45) is 46.5. The fourth-order valence-corrected chi connectivity index (χ4v) is 9.56. The van der Waals surface area contributed by atoms with Gasteiger partial charge in [0.2, 0.25) is 5.91 Å². The summed E-state index contributed by atoms with van der Waals surface area (Å²) in [7, 11) is 0. The molecule has 0 saturated carbocycles. The van der Waals surface area contributed by atoms with Crippen LogP contribution in [-0.2, 0) is 23.9 Å². The average Bonchev–Trinajstić information content (AvgIpc) is 3.78. The van der Waals surface area contributed by atoms with Crippen LogP contribution in [0, 0.1) is 11.8 Å². The first-order chi connectivity index (χ1) is 30.4. The largest absolute Gasteiger partial charge is 0.466 e. The lowest BCUT2D eigenvalue weighted by Crippen LogP contribution is -2.35. The molecule has 0 spiro atoms. The smallest absolute Gasteiger partial charge is 0.306 e. The molecule has 7 nitrogen and oxygen atoms in total. The summed E-state index contributed by atoms with van der Waals surface area (Å²) in [5.41, 5.74) is 0. The normalized spacial score (nSPS) is 13.2. The number of unbranched alkanes of at least 4 members (excludes halogenated alkanes) is 22. The predicted octanol–water partition coefficient (Wildman–Crippen LogP) is 15.8. The summed E-state index contributed by atoms with van der Waals surface area (Å²) in [5, 5.41) is 3.46. The van der Waals surface area contributed by atoms with E-state index in [1.807, 2.05) is 0 Å². The van der Waals surface area contributed by atoms with E-state index in [2.05, 4.69) is 37.9 Å². The summed E-state index contributed by atoms with van der Waals surface area (Å²) < 4.78 is 11.3. The lowest BCUT2D eigenvalue weighted by Gasteiger charge is -2.20. The number of ether oxygens (including phenoxy) is 2. The SMILES string of the molecule is CCCCCC(CCCCC)CC(=O)OCCCCCCCCCCC(CCCCCCCCCCOC(=O)CC(CCCCC)CCCCC)NC(=O)CCCN1CCCC1. The van der Waals surface area contributed by atoms with Gasteiger partial charge in [-0.05, 0) is 102 Å². The lowest BCUT2D eigenvalue weighted by atomic mass is 9.92. The summed E-state index contributed by atoms with van der Waals surface area (Å²) in [6, 6.07) is 0.311. The first kappa shape index (κ1) is 58.4. The van der Waals surface area contributed by atoms with Gasteiger partial charge in [0.1, 0.15) is 0 Å². The number of carbonyl (C=O) groups is 3. The van der Waals surface area contributed by atoms with E-state index in [4.69, 9.17) is 9.47 Å². The third kappa shape index (κ3) is 37.7. The van der Waals surface area contributed by atoms with E-state index in [-0.39, 0.29) is 17.8 Å². The lowest BCUT2D eigenvalue weighted by molar-refractivity contribution is -0.146. The van der Waals surface area contributed by atoms with E-state index in [1.54, 1.807) is 0 Å². The Hall–Kier alpha value is -1.63. The number of hydrogen-bond acceptors (Lipinski definition) is 6. The van der Waals surface area contributed by atoms with Crippen LogP contribution in [0.15, 0.2) is 0 Å². The van der Waals surface area contributed by atoms with Crippen LogP contribution in [0.4, 0.5) is 0 Å². The number of amides is 1. The van der Waals surface area contributed by atoms with Crippen LogP contribution in [0.2, 0.25) is 0 Å². The quantitative estimate of drug-likeness (QED) is 0.0484. The third-order valence-electron chi connectivity index (χ3n) is 13.6. The van der Waals surface area contributed by atoms with Crippen LogP contribution in [0.25, 0.3) is 0 Å². The second kappa shape index (κ2) is 44.6. The number of rotatable bonds is 47. The van der Waals surface area contributed by atoms with Gasteiger partial charge in [0.15, 0.2) is 0 Å². The molecule has 1 rings (SSSR count). The fraction of sp³-hybridized carbons (Fsp3) is 0.945. The zero-order chi connectivity index (χ0) is 45.0. The summed E-state index contributed by atoms with van der Waals surface area (Å²) in [6.45, 7) is 13.6. The van der Waals surface area contributed by atoms with Gasteiger partial charge in [-0.2, -0.15) is 0 Å². The highest BCUT2D eigenvalue weighted by molar-refractivity contribution is 5.76. The molecule has 1 N–H and O–H groups in total. The minimum atomic E-state index is 0.0211. The van der Waals surface area contributed by atoms with E-state index in [0.717, 1.165) is 51.5 Å². The van der Waals surface area contributed by atoms with Gasteiger partial charge in [0, 0.05) is 25.3 Å². The van der Waals surface area contributed by atoms with Crippen LogP contribution in [0.5, 0.6) is 0 Å². The summed E-state index contributed by atoms with van der Waals surface area (Å²) in [5.74, 6) is 1.30. The Bertz CT molecular complexity index is 920. The van der Waals surface area contributed by atoms with E-state index in [0.29, 0.717) is 50.4 Å². The Morgan fingerprint density at radius 1 is 0.435 bits per heavy atom. The highest BCUT2D eigenvalue weighted by Gasteiger charge is 2.17. The minimum absolute atomic E-state index is 0.0211. The topological polar surface area (TPSA) is 84.9 Å². The van der Waals surface area contributed by atoms with Crippen molar-refractivity contribution in [3.63, 3.8) is 0 Å². The van der Waals surface area contributed by atoms with Crippen LogP contribution in [0.3, 0.4) is 0 Å². The van der Waals surface area contributed by atoms with Crippen LogP contribution in [-0.4, -0.2) is 61.6 Å². The number of hydrogen-bond donors (Lipinski definition) is 1. The van der Waals surface area contributed by atoms with Crippen molar-refractivity contribution in [2.24, 2.45) is 11.8 Å². The maximum absolute atomic E-state index is 13.0. The van der Waals surface area contributed by atoms with Gasteiger partial charge in [-0.3, -0.25) is 14.4 Å². The second-order valence-electron chi connectivity index (χ2n) is 19.7. The maximum atomic E-state index is 13.0. The number of nitrogens with zero attached hydrogens (tertiary/aromatic N) is 1. The fourth-order valence-electron chi connectivity index (χ4n) is 9.56. The van der Waals surface area contributed by atoms with E-state index in [1.165, 1.54) is 206 Å². The Morgan fingerprint density at radius 3 is 1.15 bits per heavy atom. The number of likely N-dealkylation sites (tertiary alicyclic amines) is 1. The van der Waals surface area contributed by atoms with E-state index in [9.17, 15) is 14.4 Å². The minimum Gasteiger partial charge on any atom is -0.466 e. The third-order valence-corrected chi connectivity index (χ3v) is 13.6.